The maximum Gasteiger partial charge on any atom is 0.407 e. The van der Waals surface area contributed by atoms with E-state index in [-0.39, 0.29) is 19.1 Å². The zero-order valence-electron chi connectivity index (χ0n) is 19.0. The number of carboxylic acids is 1. The Hall–Kier alpha value is -3.35. The van der Waals surface area contributed by atoms with E-state index in [9.17, 15) is 19.5 Å². The highest BCUT2D eigenvalue weighted by atomic mass is 16.5. The molecule has 1 fully saturated rings. The lowest BCUT2D eigenvalue weighted by Gasteiger charge is -2.26. The van der Waals surface area contributed by atoms with Gasteiger partial charge in [0, 0.05) is 12.5 Å². The lowest BCUT2D eigenvalue weighted by Crippen LogP contribution is -2.50. The Kier molecular flexibility index (Phi) is 6.40. The summed E-state index contributed by atoms with van der Waals surface area (Å²) in [7, 11) is 0. The minimum Gasteiger partial charge on any atom is -0.480 e. The molecule has 2 aromatic rings. The molecule has 2 aromatic carbocycles. The summed E-state index contributed by atoms with van der Waals surface area (Å²) >= 11 is 0. The Morgan fingerprint density at radius 2 is 1.61 bits per heavy atom. The van der Waals surface area contributed by atoms with E-state index in [1.165, 1.54) is 0 Å². The van der Waals surface area contributed by atoms with Crippen molar-refractivity contribution >= 4 is 18.0 Å². The van der Waals surface area contributed by atoms with Gasteiger partial charge in [0.2, 0.25) is 5.91 Å². The lowest BCUT2D eigenvalue weighted by molar-refractivity contribution is -0.143. The Morgan fingerprint density at radius 3 is 2.15 bits per heavy atom. The topological polar surface area (TPSA) is 105 Å². The van der Waals surface area contributed by atoms with Crippen molar-refractivity contribution in [1.29, 1.82) is 0 Å². The zero-order valence-corrected chi connectivity index (χ0v) is 19.0. The molecule has 3 N–H and O–H groups in total. The number of hydrogen-bond acceptors (Lipinski definition) is 4. The van der Waals surface area contributed by atoms with E-state index in [1.54, 1.807) is 13.8 Å². The summed E-state index contributed by atoms with van der Waals surface area (Å²) in [4.78, 5) is 36.6. The highest BCUT2D eigenvalue weighted by Crippen LogP contribution is 2.44. The summed E-state index contributed by atoms with van der Waals surface area (Å²) in [5.74, 6) is -1.11. The smallest absolute Gasteiger partial charge is 0.407 e. The number of rotatable bonds is 9. The third kappa shape index (κ3) is 5.18. The summed E-state index contributed by atoms with van der Waals surface area (Å²) < 4.78 is 5.52. The predicted molar refractivity (Wildman–Crippen MR) is 124 cm³/mol. The normalized spacial score (nSPS) is 15.8. The van der Waals surface area contributed by atoms with Gasteiger partial charge >= 0.3 is 12.1 Å². The quantitative estimate of drug-likeness (QED) is 0.537. The van der Waals surface area contributed by atoms with Crippen molar-refractivity contribution in [3.8, 4) is 11.1 Å². The van der Waals surface area contributed by atoms with E-state index >= 15 is 0 Å². The molecule has 1 saturated carbocycles. The van der Waals surface area contributed by atoms with Gasteiger partial charge in [-0.05, 0) is 48.4 Å². The fourth-order valence-electron chi connectivity index (χ4n) is 4.28. The van der Waals surface area contributed by atoms with Crippen LogP contribution in [-0.4, -0.2) is 42.3 Å². The molecule has 1 unspecified atom stereocenters. The van der Waals surface area contributed by atoms with Crippen LogP contribution < -0.4 is 10.6 Å². The van der Waals surface area contributed by atoms with Gasteiger partial charge in [-0.2, -0.15) is 0 Å². The first-order chi connectivity index (χ1) is 15.8. The van der Waals surface area contributed by atoms with Crippen molar-refractivity contribution < 1.29 is 24.2 Å². The molecular weight excluding hydrogens is 420 g/mol. The largest absolute Gasteiger partial charge is 0.480 e. The van der Waals surface area contributed by atoms with Crippen LogP contribution in [0.15, 0.2) is 48.5 Å². The minimum atomic E-state index is -1.03. The average molecular weight is 451 g/mol. The molecule has 2 amide bonds. The number of aliphatic carboxylic acids is 1. The highest BCUT2D eigenvalue weighted by Gasteiger charge is 2.35. The number of alkyl carbamates (subject to hydrolysis) is 1. The van der Waals surface area contributed by atoms with Gasteiger partial charge < -0.3 is 20.5 Å². The molecule has 1 atom stereocenters. The minimum absolute atomic E-state index is 0.0330. The number of carboxylic acid groups (broad SMARTS) is 1. The maximum absolute atomic E-state index is 12.7. The summed E-state index contributed by atoms with van der Waals surface area (Å²) in [6.45, 7) is 3.56. The molecule has 0 bridgehead atoms. The third-order valence-corrected chi connectivity index (χ3v) is 6.50. The summed E-state index contributed by atoms with van der Waals surface area (Å²) in [5.41, 5.74) is 3.57. The number of ether oxygens (including phenoxy) is 1. The molecule has 0 heterocycles. The fourth-order valence-corrected chi connectivity index (χ4v) is 4.28. The van der Waals surface area contributed by atoms with Gasteiger partial charge in [-0.25, -0.2) is 9.59 Å². The van der Waals surface area contributed by atoms with Gasteiger partial charge in [0.05, 0.1) is 5.41 Å². The van der Waals surface area contributed by atoms with Crippen molar-refractivity contribution in [2.45, 2.75) is 45.1 Å². The molecule has 0 saturated heterocycles. The summed E-state index contributed by atoms with van der Waals surface area (Å²) in [6.07, 6.45) is 1.85. The van der Waals surface area contributed by atoms with Crippen molar-refractivity contribution in [2.24, 2.45) is 11.3 Å². The first-order valence-electron chi connectivity index (χ1n) is 11.4. The first kappa shape index (κ1) is 22.8. The second-order valence-electron chi connectivity index (χ2n) is 9.61. The molecule has 0 aliphatic heterocycles. The molecule has 0 spiro atoms. The van der Waals surface area contributed by atoms with Gasteiger partial charge in [0.1, 0.15) is 12.6 Å². The van der Waals surface area contributed by atoms with E-state index in [1.807, 2.05) is 24.3 Å². The van der Waals surface area contributed by atoms with Crippen molar-refractivity contribution in [3.05, 3.63) is 59.7 Å². The molecule has 2 aliphatic carbocycles. The monoisotopic (exact) mass is 450 g/mol. The number of nitrogens with one attached hydrogen (secondary N) is 2. The molecule has 2 aliphatic rings. The van der Waals surface area contributed by atoms with Crippen LogP contribution in [0.5, 0.6) is 0 Å². The van der Waals surface area contributed by atoms with Gasteiger partial charge in [-0.15, -0.1) is 0 Å². The Labute approximate surface area is 193 Å². The maximum atomic E-state index is 12.7. The van der Waals surface area contributed by atoms with Gasteiger partial charge in [0.15, 0.2) is 0 Å². The Balaban J connectivity index is 1.31. The summed E-state index contributed by atoms with van der Waals surface area (Å²) in [5, 5.41) is 14.7. The number of carbonyl (C=O) groups is 3. The number of fused-ring (bicyclic) bond motifs is 3. The van der Waals surface area contributed by atoms with Crippen molar-refractivity contribution in [1.82, 2.24) is 10.6 Å². The molecular formula is C26H30N2O5. The van der Waals surface area contributed by atoms with Crippen LogP contribution in [0, 0.1) is 11.3 Å². The van der Waals surface area contributed by atoms with Gasteiger partial charge in [0.25, 0.3) is 0 Å². The Morgan fingerprint density at radius 1 is 1.03 bits per heavy atom. The van der Waals surface area contributed by atoms with Gasteiger partial charge in [-0.3, -0.25) is 4.79 Å². The number of amides is 2. The molecule has 7 nitrogen and oxygen atoms in total. The molecule has 174 valence electrons. The van der Waals surface area contributed by atoms with Crippen LogP contribution in [-0.2, 0) is 14.3 Å². The highest BCUT2D eigenvalue weighted by molar-refractivity contribution is 5.87. The van der Waals surface area contributed by atoms with Crippen LogP contribution in [0.2, 0.25) is 0 Å². The van der Waals surface area contributed by atoms with Crippen LogP contribution in [0.1, 0.15) is 50.2 Å². The third-order valence-electron chi connectivity index (χ3n) is 6.50. The number of benzene rings is 2. The molecule has 4 rings (SSSR count). The molecule has 7 heteroatoms. The van der Waals surface area contributed by atoms with Gasteiger partial charge in [-0.1, -0.05) is 61.4 Å². The van der Waals surface area contributed by atoms with E-state index in [0.29, 0.717) is 12.3 Å². The Bertz CT molecular complexity index is 1010. The lowest BCUT2D eigenvalue weighted by atomic mass is 9.91. The average Bonchev–Trinajstić information content (AvgIpc) is 3.56. The number of hydrogen-bond donors (Lipinski definition) is 3. The second-order valence-corrected chi connectivity index (χ2v) is 9.61. The van der Waals surface area contributed by atoms with E-state index in [0.717, 1.165) is 35.1 Å². The first-order valence-corrected chi connectivity index (χ1v) is 11.4. The van der Waals surface area contributed by atoms with E-state index in [4.69, 9.17) is 4.74 Å². The molecule has 0 aromatic heterocycles. The van der Waals surface area contributed by atoms with E-state index in [2.05, 4.69) is 34.9 Å². The fraction of sp³-hybridized carbons (Fsp3) is 0.423. The standard InChI is InChI=1S/C26H30N2O5/c1-26(2,24(31)28-22(23(29)30)13-16-11-12-16)15-27-25(32)33-14-21-19-9-5-3-7-17(19)18-8-4-6-10-20(18)21/h3-10,16,21-22H,11-15H2,1-2H3,(H,27,32)(H,28,31)(H,29,30). The van der Waals surface area contributed by atoms with Crippen LogP contribution in [0.25, 0.3) is 11.1 Å². The zero-order chi connectivity index (χ0) is 23.6. The van der Waals surface area contributed by atoms with Crippen LogP contribution in [0.4, 0.5) is 4.79 Å². The van der Waals surface area contributed by atoms with E-state index < -0.39 is 29.4 Å². The second kappa shape index (κ2) is 9.25. The van der Waals surface area contributed by atoms with Crippen molar-refractivity contribution in [2.75, 3.05) is 13.2 Å². The number of carbonyl (C=O) groups excluding carboxylic acids is 2. The van der Waals surface area contributed by atoms with Crippen LogP contribution in [0.3, 0.4) is 0 Å². The SMILES string of the molecule is CC(C)(CNC(=O)OCC1c2ccccc2-c2ccccc21)C(=O)NC(CC1CC1)C(=O)O. The molecule has 0 radical (unpaired) electrons. The van der Waals surface area contributed by atoms with Crippen molar-refractivity contribution in [3.63, 3.8) is 0 Å². The molecule has 33 heavy (non-hydrogen) atoms. The van der Waals surface area contributed by atoms with Crippen LogP contribution >= 0.6 is 0 Å². The predicted octanol–water partition coefficient (Wildman–Crippen LogP) is 3.92. The summed E-state index contributed by atoms with van der Waals surface area (Å²) in [6, 6.07) is 15.3.